The third-order valence-corrected chi connectivity index (χ3v) is 5.05. The van der Waals surface area contributed by atoms with Gasteiger partial charge in [0.05, 0.1) is 16.9 Å². The van der Waals surface area contributed by atoms with Crippen molar-refractivity contribution in [3.8, 4) is 12.1 Å². The molecule has 1 fully saturated rings. The first kappa shape index (κ1) is 17.1. The van der Waals surface area contributed by atoms with Crippen molar-refractivity contribution < 1.29 is 4.79 Å². The van der Waals surface area contributed by atoms with Gasteiger partial charge in [0.1, 0.15) is 23.0 Å². The van der Waals surface area contributed by atoms with E-state index in [1.54, 1.807) is 0 Å². The van der Waals surface area contributed by atoms with Crippen molar-refractivity contribution >= 4 is 23.5 Å². The topological polar surface area (TPSA) is 107 Å². The van der Waals surface area contributed by atoms with Crippen molar-refractivity contribution in [3.05, 3.63) is 17.2 Å². The molecule has 1 aromatic rings. The zero-order valence-corrected chi connectivity index (χ0v) is 14.1. The second-order valence-electron chi connectivity index (χ2n) is 5.72. The summed E-state index contributed by atoms with van der Waals surface area (Å²) >= 11 is 1.20. The number of nitrogens with two attached hydrogens (primary N) is 1. The van der Waals surface area contributed by atoms with Gasteiger partial charge in [0.25, 0.3) is 0 Å². The average Bonchev–Trinajstić information content (AvgIpc) is 2.52. The molecule has 2 heterocycles. The molecule has 0 bridgehead atoms. The molecule has 23 heavy (non-hydrogen) atoms. The maximum absolute atomic E-state index is 12.5. The number of pyridine rings is 1. The molecular weight excluding hydrogens is 310 g/mol. The van der Waals surface area contributed by atoms with Crippen LogP contribution in [0.3, 0.4) is 0 Å². The number of nitrogen functional groups attached to an aromatic ring is 1. The smallest absolute Gasteiger partial charge is 0.233 e. The lowest BCUT2D eigenvalue weighted by molar-refractivity contribution is -0.134. The number of likely N-dealkylation sites (tertiary alicyclic amines) is 1. The first-order valence-corrected chi connectivity index (χ1v) is 8.51. The van der Waals surface area contributed by atoms with E-state index in [4.69, 9.17) is 11.0 Å². The van der Waals surface area contributed by atoms with Crippen molar-refractivity contribution in [1.29, 1.82) is 10.5 Å². The van der Waals surface area contributed by atoms with Crippen LogP contribution in [-0.2, 0) is 4.79 Å². The van der Waals surface area contributed by atoms with E-state index in [1.807, 2.05) is 17.0 Å². The van der Waals surface area contributed by atoms with Crippen molar-refractivity contribution in [2.24, 2.45) is 0 Å². The fourth-order valence-corrected chi connectivity index (χ4v) is 3.74. The number of anilines is 1. The van der Waals surface area contributed by atoms with Crippen LogP contribution in [0.4, 0.5) is 5.82 Å². The van der Waals surface area contributed by atoms with E-state index in [0.717, 1.165) is 19.3 Å². The summed E-state index contributed by atoms with van der Waals surface area (Å²) in [6, 6.07) is 5.80. The van der Waals surface area contributed by atoms with E-state index in [2.05, 4.69) is 18.8 Å². The number of carbonyl (C=O) groups is 1. The molecule has 6 nitrogen and oxygen atoms in total. The van der Waals surface area contributed by atoms with E-state index in [0.29, 0.717) is 5.03 Å². The standard InChI is InChI=1S/C16H19N5OS/c1-10-4-3-5-11(2)21(10)14(22)9-23-16-13(8-18)6-12(7-17)15(19)20-16/h6,10-11H,3-5,9H2,1-2H3,(H2,19,20)/t10-,11-/m0/s1. The Morgan fingerprint density at radius 2 is 1.96 bits per heavy atom. The van der Waals surface area contributed by atoms with Gasteiger partial charge in [0, 0.05) is 12.1 Å². The molecule has 120 valence electrons. The van der Waals surface area contributed by atoms with E-state index >= 15 is 0 Å². The Morgan fingerprint density at radius 3 is 2.52 bits per heavy atom. The molecule has 0 spiro atoms. The maximum Gasteiger partial charge on any atom is 0.233 e. The first-order chi connectivity index (χ1) is 11.0. The molecule has 1 saturated heterocycles. The summed E-state index contributed by atoms with van der Waals surface area (Å²) in [7, 11) is 0. The van der Waals surface area contributed by atoms with Crippen LogP contribution in [-0.4, -0.2) is 33.6 Å². The zero-order chi connectivity index (χ0) is 17.0. The predicted molar refractivity (Wildman–Crippen MR) is 88.4 cm³/mol. The van der Waals surface area contributed by atoms with Gasteiger partial charge in [-0.3, -0.25) is 4.79 Å². The van der Waals surface area contributed by atoms with Crippen molar-refractivity contribution in [2.45, 2.75) is 50.2 Å². The Labute approximate surface area is 140 Å². The van der Waals surface area contributed by atoms with Crippen LogP contribution in [0.5, 0.6) is 0 Å². The number of carbonyl (C=O) groups excluding carboxylic acids is 1. The van der Waals surface area contributed by atoms with E-state index in [1.165, 1.54) is 17.8 Å². The van der Waals surface area contributed by atoms with E-state index in [-0.39, 0.29) is 40.7 Å². The molecule has 0 radical (unpaired) electrons. The highest BCUT2D eigenvalue weighted by atomic mass is 32.2. The van der Waals surface area contributed by atoms with Crippen LogP contribution in [0.25, 0.3) is 0 Å². The SMILES string of the molecule is C[C@H]1CCC[C@H](C)N1C(=O)CSc1nc(N)c(C#N)cc1C#N. The molecule has 0 aromatic carbocycles. The van der Waals surface area contributed by atoms with Gasteiger partial charge in [0.15, 0.2) is 0 Å². The zero-order valence-electron chi connectivity index (χ0n) is 13.2. The molecular formula is C16H19N5OS. The summed E-state index contributed by atoms with van der Waals surface area (Å²) in [4.78, 5) is 18.5. The van der Waals surface area contributed by atoms with E-state index < -0.39 is 0 Å². The molecule has 0 unspecified atom stereocenters. The molecule has 1 aliphatic rings. The minimum absolute atomic E-state index is 0.0447. The van der Waals surface area contributed by atoms with E-state index in [9.17, 15) is 10.1 Å². The van der Waals surface area contributed by atoms with Crippen LogP contribution in [0.1, 0.15) is 44.2 Å². The Kier molecular flexibility index (Phi) is 5.46. The summed E-state index contributed by atoms with van der Waals surface area (Å²) in [6.07, 6.45) is 3.18. The minimum Gasteiger partial charge on any atom is -0.383 e. The molecule has 1 amide bonds. The molecule has 2 N–H and O–H groups in total. The number of amides is 1. The van der Waals surface area contributed by atoms with Gasteiger partial charge in [-0.2, -0.15) is 10.5 Å². The average molecular weight is 329 g/mol. The molecule has 0 saturated carbocycles. The molecule has 1 aliphatic heterocycles. The third-order valence-electron chi connectivity index (χ3n) is 4.07. The Hall–Kier alpha value is -2.25. The van der Waals surface area contributed by atoms with Gasteiger partial charge in [0.2, 0.25) is 5.91 Å². The summed E-state index contributed by atoms with van der Waals surface area (Å²) in [5.74, 6) is 0.339. The van der Waals surface area contributed by atoms with Crippen LogP contribution in [0, 0.1) is 22.7 Å². The number of hydrogen-bond donors (Lipinski definition) is 1. The Balaban J connectivity index is 2.12. The third kappa shape index (κ3) is 3.75. The highest BCUT2D eigenvalue weighted by molar-refractivity contribution is 8.00. The number of nitriles is 2. The largest absolute Gasteiger partial charge is 0.383 e. The maximum atomic E-state index is 12.5. The molecule has 2 atom stereocenters. The second-order valence-corrected chi connectivity index (χ2v) is 6.68. The molecule has 7 heteroatoms. The number of rotatable bonds is 3. The van der Waals surface area contributed by atoms with Crippen LogP contribution in [0.2, 0.25) is 0 Å². The van der Waals surface area contributed by atoms with Gasteiger partial charge in [-0.1, -0.05) is 11.8 Å². The lowest BCUT2D eigenvalue weighted by atomic mass is 9.98. The summed E-state index contributed by atoms with van der Waals surface area (Å²) in [6.45, 7) is 4.13. The first-order valence-electron chi connectivity index (χ1n) is 7.52. The minimum atomic E-state index is 0.0447. The van der Waals surface area contributed by atoms with Crippen molar-refractivity contribution in [1.82, 2.24) is 9.88 Å². The van der Waals surface area contributed by atoms with Crippen molar-refractivity contribution in [2.75, 3.05) is 11.5 Å². The van der Waals surface area contributed by atoms with Gasteiger partial charge in [-0.15, -0.1) is 0 Å². The highest BCUT2D eigenvalue weighted by Crippen LogP contribution is 2.27. The number of thioether (sulfide) groups is 1. The molecule has 0 aliphatic carbocycles. The lowest BCUT2D eigenvalue weighted by Crippen LogP contribution is -2.48. The summed E-state index contributed by atoms with van der Waals surface area (Å²) in [5.41, 5.74) is 6.15. The number of nitrogens with zero attached hydrogens (tertiary/aromatic N) is 4. The molecule has 1 aromatic heterocycles. The Morgan fingerprint density at radius 1 is 1.35 bits per heavy atom. The number of piperidine rings is 1. The Bertz CT molecular complexity index is 681. The van der Waals surface area contributed by atoms with Crippen LogP contribution < -0.4 is 5.73 Å². The normalized spacial score (nSPS) is 20.6. The summed E-state index contributed by atoms with van der Waals surface area (Å²) in [5, 5.41) is 18.5. The van der Waals surface area contributed by atoms with Gasteiger partial charge < -0.3 is 10.6 Å². The van der Waals surface area contributed by atoms with Gasteiger partial charge >= 0.3 is 0 Å². The van der Waals surface area contributed by atoms with Gasteiger partial charge in [-0.25, -0.2) is 4.98 Å². The van der Waals surface area contributed by atoms with Crippen LogP contribution >= 0.6 is 11.8 Å². The number of hydrogen-bond acceptors (Lipinski definition) is 6. The lowest BCUT2D eigenvalue weighted by Gasteiger charge is -2.39. The fourth-order valence-electron chi connectivity index (χ4n) is 2.91. The predicted octanol–water partition coefficient (Wildman–Crippen LogP) is 2.29. The molecule has 2 rings (SSSR count). The summed E-state index contributed by atoms with van der Waals surface area (Å²) < 4.78 is 0. The van der Waals surface area contributed by atoms with Crippen LogP contribution in [0.15, 0.2) is 11.1 Å². The second kappa shape index (κ2) is 7.34. The highest BCUT2D eigenvalue weighted by Gasteiger charge is 2.28. The van der Waals surface area contributed by atoms with Crippen molar-refractivity contribution in [3.63, 3.8) is 0 Å². The van der Waals surface area contributed by atoms with Gasteiger partial charge in [-0.05, 0) is 39.2 Å². The fraction of sp³-hybridized carbons (Fsp3) is 0.500. The number of aromatic nitrogens is 1. The quantitative estimate of drug-likeness (QED) is 0.853. The monoisotopic (exact) mass is 329 g/mol.